The summed E-state index contributed by atoms with van der Waals surface area (Å²) < 4.78 is 7.16. The van der Waals surface area contributed by atoms with Gasteiger partial charge in [0.05, 0.1) is 0 Å². The minimum absolute atomic E-state index is 0.0404. The quantitative estimate of drug-likeness (QED) is 0.176. The molecule has 0 saturated heterocycles. The Morgan fingerprint density at radius 1 is 0.590 bits per heavy atom. The van der Waals surface area contributed by atoms with Crippen molar-refractivity contribution in [2.24, 2.45) is 23.7 Å². The van der Waals surface area contributed by atoms with Gasteiger partial charge in [0, 0.05) is 13.2 Å². The highest BCUT2D eigenvalue weighted by atomic mass is 28.4. The summed E-state index contributed by atoms with van der Waals surface area (Å²) >= 11 is 0. The van der Waals surface area contributed by atoms with Gasteiger partial charge in [0.15, 0.2) is 0 Å². The Morgan fingerprint density at radius 3 is 1.31 bits per heavy atom. The smallest absolute Gasteiger partial charge is 0.261 e. The zero-order chi connectivity index (χ0) is 28.7. The predicted molar refractivity (Wildman–Crippen MR) is 173 cm³/mol. The van der Waals surface area contributed by atoms with E-state index in [4.69, 9.17) is 9.53 Å². The summed E-state index contributed by atoms with van der Waals surface area (Å²) in [7, 11) is -2.43. The van der Waals surface area contributed by atoms with Gasteiger partial charge >= 0.3 is 0 Å². The maximum atomic E-state index is 9.07. The largest absolute Gasteiger partial charge is 0.407 e. The molecule has 0 bridgehead atoms. The number of hydrogen-bond donors (Lipinski definition) is 1. The van der Waals surface area contributed by atoms with Crippen LogP contribution >= 0.6 is 0 Å². The molecule has 0 fully saturated rings. The lowest BCUT2D eigenvalue weighted by molar-refractivity contribution is 0.232. The van der Waals surface area contributed by atoms with Crippen molar-refractivity contribution < 1.29 is 9.53 Å². The summed E-state index contributed by atoms with van der Waals surface area (Å²) in [5, 5.41) is 11.9. The molecule has 4 atom stereocenters. The monoisotopic (exact) mass is 552 g/mol. The second-order valence-corrected chi connectivity index (χ2v) is 18.0. The van der Waals surface area contributed by atoms with E-state index < -0.39 is 8.32 Å². The van der Waals surface area contributed by atoms with Crippen molar-refractivity contribution >= 4 is 18.7 Å². The Hall–Kier alpha value is -1.42. The molecule has 0 radical (unpaired) electrons. The molecule has 2 aromatic rings. The lowest BCUT2D eigenvalue weighted by Crippen LogP contribution is -2.66. The van der Waals surface area contributed by atoms with E-state index in [1.165, 1.54) is 68.2 Å². The first-order valence-electron chi connectivity index (χ1n) is 16.0. The molecule has 3 heteroatoms. The standard InChI is InChI=1S/C36H60O2Si/c1-30(19-15-21-32(3)27-28-37)17-14-18-31(2)20-16-22-33(4)29-38-39(36(5,6)7,34-23-10-8-11-24-34)35-25-12-9-13-26-35/h8-13,23-26,30-33,37H,14-22,27-29H2,1-7H3/t30-,31+,32-,33+/m1/s1. The van der Waals surface area contributed by atoms with Crippen LogP contribution in [0.25, 0.3) is 0 Å². The minimum atomic E-state index is -2.43. The van der Waals surface area contributed by atoms with E-state index >= 15 is 0 Å². The van der Waals surface area contributed by atoms with Crippen LogP contribution in [0.1, 0.15) is 113 Å². The average molecular weight is 553 g/mol. The molecule has 2 rings (SSSR count). The highest BCUT2D eigenvalue weighted by molar-refractivity contribution is 6.99. The van der Waals surface area contributed by atoms with E-state index in [2.05, 4.69) is 109 Å². The van der Waals surface area contributed by atoms with Crippen LogP contribution in [0.2, 0.25) is 5.04 Å². The Kier molecular flexibility index (Phi) is 15.1. The number of benzene rings is 2. The van der Waals surface area contributed by atoms with Gasteiger partial charge in [-0.2, -0.15) is 0 Å². The average Bonchev–Trinajstić information content (AvgIpc) is 2.89. The molecule has 0 aromatic heterocycles. The molecule has 39 heavy (non-hydrogen) atoms. The Labute approximate surface area is 243 Å². The van der Waals surface area contributed by atoms with Crippen LogP contribution in [0.3, 0.4) is 0 Å². The summed E-state index contributed by atoms with van der Waals surface area (Å²) in [4.78, 5) is 0. The fraction of sp³-hybridized carbons (Fsp3) is 0.667. The third-order valence-corrected chi connectivity index (χ3v) is 13.8. The molecule has 0 aliphatic carbocycles. The van der Waals surface area contributed by atoms with Crippen molar-refractivity contribution in [3.05, 3.63) is 60.7 Å². The first-order chi connectivity index (χ1) is 18.6. The van der Waals surface area contributed by atoms with Crippen LogP contribution in [-0.4, -0.2) is 26.6 Å². The van der Waals surface area contributed by atoms with Crippen molar-refractivity contribution in [3.8, 4) is 0 Å². The van der Waals surface area contributed by atoms with E-state index in [1.54, 1.807) is 0 Å². The minimum Gasteiger partial charge on any atom is -0.407 e. The van der Waals surface area contributed by atoms with Crippen LogP contribution in [-0.2, 0) is 4.43 Å². The lowest BCUT2D eigenvalue weighted by Gasteiger charge is -2.43. The van der Waals surface area contributed by atoms with E-state index in [0.29, 0.717) is 18.4 Å². The fourth-order valence-electron chi connectivity index (χ4n) is 6.21. The molecule has 0 amide bonds. The molecular formula is C36H60O2Si. The molecule has 0 saturated carbocycles. The SMILES string of the molecule is C[C@H](CCC[C@H](C)CCC[C@H](C)CO[Si](c1ccccc1)(c1ccccc1)C(C)(C)C)CCC[C@@H](C)CCO. The first-order valence-corrected chi connectivity index (χ1v) is 17.9. The number of hydrogen-bond acceptors (Lipinski definition) is 2. The summed E-state index contributed by atoms with van der Waals surface area (Å²) in [6.07, 6.45) is 12.8. The van der Waals surface area contributed by atoms with Gasteiger partial charge in [-0.05, 0) is 51.9 Å². The van der Waals surface area contributed by atoms with Gasteiger partial charge in [0.2, 0.25) is 0 Å². The Bertz CT molecular complexity index is 836. The van der Waals surface area contributed by atoms with Crippen molar-refractivity contribution in [1.29, 1.82) is 0 Å². The summed E-state index contributed by atoms with van der Waals surface area (Å²) in [5.41, 5.74) is 0. The van der Waals surface area contributed by atoms with Crippen LogP contribution in [0, 0.1) is 23.7 Å². The topological polar surface area (TPSA) is 29.5 Å². The zero-order valence-corrected chi connectivity index (χ0v) is 27.4. The number of aliphatic hydroxyl groups excluding tert-OH is 1. The third-order valence-electron chi connectivity index (χ3n) is 8.80. The van der Waals surface area contributed by atoms with Crippen LogP contribution < -0.4 is 10.4 Å². The molecule has 2 aromatic carbocycles. The molecule has 0 unspecified atom stereocenters. The highest BCUT2D eigenvalue weighted by Gasteiger charge is 2.50. The van der Waals surface area contributed by atoms with E-state index in [0.717, 1.165) is 24.9 Å². The molecule has 0 aliphatic heterocycles. The Morgan fingerprint density at radius 2 is 0.949 bits per heavy atom. The van der Waals surface area contributed by atoms with Crippen molar-refractivity contribution in [3.63, 3.8) is 0 Å². The molecule has 1 N–H and O–H groups in total. The predicted octanol–water partition coefficient (Wildman–Crippen LogP) is 9.00. The molecular weight excluding hydrogens is 492 g/mol. The molecule has 220 valence electrons. The van der Waals surface area contributed by atoms with Crippen LogP contribution in [0.5, 0.6) is 0 Å². The van der Waals surface area contributed by atoms with Gasteiger partial charge in [0.25, 0.3) is 8.32 Å². The third kappa shape index (κ3) is 11.2. The van der Waals surface area contributed by atoms with Crippen molar-refractivity contribution in [2.45, 2.75) is 118 Å². The van der Waals surface area contributed by atoms with Gasteiger partial charge in [-0.25, -0.2) is 0 Å². The summed E-state index contributed by atoms with van der Waals surface area (Å²) in [6.45, 7) is 17.8. The van der Waals surface area contributed by atoms with E-state index in [-0.39, 0.29) is 5.04 Å². The van der Waals surface area contributed by atoms with Crippen LogP contribution in [0.15, 0.2) is 60.7 Å². The maximum absolute atomic E-state index is 9.07. The molecule has 0 aliphatic rings. The fourth-order valence-corrected chi connectivity index (χ4v) is 10.9. The normalized spacial score (nSPS) is 15.6. The highest BCUT2D eigenvalue weighted by Crippen LogP contribution is 2.37. The van der Waals surface area contributed by atoms with E-state index in [1.807, 2.05) is 0 Å². The first kappa shape index (κ1) is 33.8. The molecule has 0 spiro atoms. The summed E-state index contributed by atoms with van der Waals surface area (Å²) in [6, 6.07) is 22.0. The van der Waals surface area contributed by atoms with Gasteiger partial charge in [-0.1, -0.05) is 160 Å². The second kappa shape index (κ2) is 17.4. The lowest BCUT2D eigenvalue weighted by atomic mass is 9.91. The maximum Gasteiger partial charge on any atom is 0.261 e. The Balaban J connectivity index is 1.80. The van der Waals surface area contributed by atoms with Crippen molar-refractivity contribution in [1.82, 2.24) is 0 Å². The van der Waals surface area contributed by atoms with E-state index in [9.17, 15) is 0 Å². The number of rotatable bonds is 19. The van der Waals surface area contributed by atoms with Crippen molar-refractivity contribution in [2.75, 3.05) is 13.2 Å². The zero-order valence-electron chi connectivity index (χ0n) is 26.4. The van der Waals surface area contributed by atoms with Gasteiger partial charge in [-0.15, -0.1) is 0 Å². The molecule has 2 nitrogen and oxygen atoms in total. The van der Waals surface area contributed by atoms with Gasteiger partial charge < -0.3 is 9.53 Å². The molecule has 0 heterocycles. The van der Waals surface area contributed by atoms with Crippen LogP contribution in [0.4, 0.5) is 0 Å². The summed E-state index contributed by atoms with van der Waals surface area (Å²) in [5.74, 6) is 2.87. The van der Waals surface area contributed by atoms with Gasteiger partial charge in [0.1, 0.15) is 0 Å². The second-order valence-electron chi connectivity index (χ2n) is 13.7. The number of aliphatic hydroxyl groups is 1. The van der Waals surface area contributed by atoms with Gasteiger partial charge in [-0.3, -0.25) is 0 Å².